The number of piperazine rings is 1. The van der Waals surface area contributed by atoms with E-state index in [2.05, 4.69) is 26.1 Å². The van der Waals surface area contributed by atoms with E-state index in [0.29, 0.717) is 12.0 Å². The summed E-state index contributed by atoms with van der Waals surface area (Å²) >= 11 is 3.35. The summed E-state index contributed by atoms with van der Waals surface area (Å²) in [6.45, 7) is 2.98. The van der Waals surface area contributed by atoms with Gasteiger partial charge in [0.15, 0.2) is 0 Å². The minimum atomic E-state index is -0.430. The third-order valence-corrected chi connectivity index (χ3v) is 3.79. The molecule has 1 aliphatic heterocycles. The average Bonchev–Trinajstić information content (AvgIpc) is 2.40. The summed E-state index contributed by atoms with van der Waals surface area (Å²) in [6, 6.07) is 4.70. The lowest BCUT2D eigenvalue weighted by molar-refractivity contribution is 0.154. The first kappa shape index (κ1) is 16.8. The molecule has 1 atom stereocenters. The van der Waals surface area contributed by atoms with Gasteiger partial charge in [-0.25, -0.2) is 4.39 Å². The van der Waals surface area contributed by atoms with E-state index < -0.39 is 6.67 Å². The van der Waals surface area contributed by atoms with Crippen LogP contribution in [-0.4, -0.2) is 37.8 Å². The van der Waals surface area contributed by atoms with Gasteiger partial charge in [-0.3, -0.25) is 9.29 Å². The number of nitrogens with zero attached hydrogens (tertiary/aromatic N) is 1. The van der Waals surface area contributed by atoms with Crippen molar-refractivity contribution in [3.8, 4) is 0 Å². The lowest BCUT2D eigenvalue weighted by atomic mass is 10.0. The first-order chi connectivity index (χ1) is 8.72. The highest BCUT2D eigenvalue weighted by Gasteiger charge is 2.24. The molecule has 0 amide bonds. The van der Waals surface area contributed by atoms with Crippen LogP contribution < -0.4 is 5.32 Å². The standard InChI is InChI=1S/C13H17BrF2N2.ClH/c14-10-1-2-12(16)11(9-10)13(3-4-15)18-7-5-17-6-8-18;/h1-2,9,13,17H,3-8H2;1H/t13-;/m0./s1. The molecule has 0 aromatic heterocycles. The van der Waals surface area contributed by atoms with Crippen LogP contribution in [0.5, 0.6) is 0 Å². The number of nitrogens with one attached hydrogen (secondary N) is 1. The molecule has 108 valence electrons. The second-order valence-corrected chi connectivity index (χ2v) is 5.36. The van der Waals surface area contributed by atoms with Crippen molar-refractivity contribution in [2.75, 3.05) is 32.9 Å². The molecule has 19 heavy (non-hydrogen) atoms. The van der Waals surface area contributed by atoms with Crippen LogP contribution in [0.15, 0.2) is 22.7 Å². The number of hydrogen-bond donors (Lipinski definition) is 1. The van der Waals surface area contributed by atoms with Gasteiger partial charge in [0, 0.05) is 42.3 Å². The quantitative estimate of drug-likeness (QED) is 0.891. The van der Waals surface area contributed by atoms with Gasteiger partial charge in [-0.15, -0.1) is 12.4 Å². The first-order valence-electron chi connectivity index (χ1n) is 6.18. The maximum atomic E-state index is 13.9. The predicted molar refractivity (Wildman–Crippen MR) is 79.1 cm³/mol. The molecule has 1 fully saturated rings. The third kappa shape index (κ3) is 4.38. The van der Waals surface area contributed by atoms with E-state index in [9.17, 15) is 8.78 Å². The van der Waals surface area contributed by atoms with Gasteiger partial charge in [0.1, 0.15) is 5.82 Å². The van der Waals surface area contributed by atoms with E-state index >= 15 is 0 Å². The van der Waals surface area contributed by atoms with E-state index in [-0.39, 0.29) is 24.3 Å². The molecule has 0 saturated carbocycles. The van der Waals surface area contributed by atoms with Crippen LogP contribution in [0.2, 0.25) is 0 Å². The monoisotopic (exact) mass is 354 g/mol. The van der Waals surface area contributed by atoms with Crippen LogP contribution in [0, 0.1) is 5.82 Å². The highest BCUT2D eigenvalue weighted by Crippen LogP contribution is 2.29. The number of hydrogen-bond acceptors (Lipinski definition) is 2. The number of halogens is 4. The maximum absolute atomic E-state index is 13.9. The Morgan fingerprint density at radius 2 is 2.00 bits per heavy atom. The first-order valence-corrected chi connectivity index (χ1v) is 6.97. The number of rotatable bonds is 4. The van der Waals surface area contributed by atoms with Crippen molar-refractivity contribution in [3.63, 3.8) is 0 Å². The molecule has 1 aromatic carbocycles. The zero-order valence-electron chi connectivity index (χ0n) is 10.5. The van der Waals surface area contributed by atoms with Gasteiger partial charge in [0.2, 0.25) is 0 Å². The summed E-state index contributed by atoms with van der Waals surface area (Å²) < 4.78 is 27.5. The molecule has 1 saturated heterocycles. The zero-order chi connectivity index (χ0) is 13.0. The Morgan fingerprint density at radius 1 is 1.32 bits per heavy atom. The van der Waals surface area contributed by atoms with Crippen LogP contribution in [0.4, 0.5) is 8.78 Å². The van der Waals surface area contributed by atoms with E-state index in [1.165, 1.54) is 6.07 Å². The Balaban J connectivity index is 0.00000180. The smallest absolute Gasteiger partial charge is 0.128 e. The maximum Gasteiger partial charge on any atom is 0.128 e. The van der Waals surface area contributed by atoms with Crippen molar-refractivity contribution in [2.24, 2.45) is 0 Å². The Hall–Kier alpha value is -0.230. The molecule has 1 aliphatic rings. The summed E-state index contributed by atoms with van der Waals surface area (Å²) in [4.78, 5) is 2.15. The fourth-order valence-electron chi connectivity index (χ4n) is 2.40. The summed E-state index contributed by atoms with van der Waals surface area (Å²) in [5.41, 5.74) is 0.587. The normalized spacial score (nSPS) is 17.8. The molecule has 1 aromatic rings. The fourth-order valence-corrected chi connectivity index (χ4v) is 2.78. The molecule has 6 heteroatoms. The van der Waals surface area contributed by atoms with E-state index in [1.54, 1.807) is 12.1 Å². The van der Waals surface area contributed by atoms with Crippen LogP contribution >= 0.6 is 28.3 Å². The average molecular weight is 356 g/mol. The summed E-state index contributed by atoms with van der Waals surface area (Å²) in [5, 5.41) is 3.25. The highest BCUT2D eigenvalue weighted by atomic mass is 79.9. The SMILES string of the molecule is Cl.FCC[C@@H](c1cc(Br)ccc1F)N1CCNCC1. The van der Waals surface area contributed by atoms with Crippen LogP contribution in [0.25, 0.3) is 0 Å². The Labute approximate surface area is 127 Å². The van der Waals surface area contributed by atoms with Crippen molar-refractivity contribution in [2.45, 2.75) is 12.5 Å². The molecule has 1 heterocycles. The molecular weight excluding hydrogens is 338 g/mol. The Kier molecular flexibility index (Phi) is 7.21. The topological polar surface area (TPSA) is 15.3 Å². The minimum Gasteiger partial charge on any atom is -0.314 e. The minimum absolute atomic E-state index is 0. The molecule has 1 N–H and O–H groups in total. The summed E-state index contributed by atoms with van der Waals surface area (Å²) in [5.74, 6) is -0.254. The molecule has 0 aliphatic carbocycles. The molecule has 2 rings (SSSR count). The van der Waals surface area contributed by atoms with Gasteiger partial charge in [0.25, 0.3) is 0 Å². The largest absolute Gasteiger partial charge is 0.314 e. The van der Waals surface area contributed by atoms with Crippen LogP contribution in [-0.2, 0) is 0 Å². The molecule has 2 nitrogen and oxygen atoms in total. The predicted octanol–water partition coefficient (Wildman–Crippen LogP) is 3.32. The summed E-state index contributed by atoms with van der Waals surface area (Å²) in [7, 11) is 0. The number of benzene rings is 1. The van der Waals surface area contributed by atoms with Crippen molar-refractivity contribution in [3.05, 3.63) is 34.1 Å². The molecule has 0 unspecified atom stereocenters. The van der Waals surface area contributed by atoms with Gasteiger partial charge in [-0.2, -0.15) is 0 Å². The van der Waals surface area contributed by atoms with Crippen LogP contribution in [0.3, 0.4) is 0 Å². The van der Waals surface area contributed by atoms with E-state index in [0.717, 1.165) is 30.7 Å². The van der Waals surface area contributed by atoms with Gasteiger partial charge in [-0.05, 0) is 24.6 Å². The van der Waals surface area contributed by atoms with Gasteiger partial charge in [0.05, 0.1) is 6.67 Å². The third-order valence-electron chi connectivity index (χ3n) is 3.29. The zero-order valence-corrected chi connectivity index (χ0v) is 12.9. The van der Waals surface area contributed by atoms with E-state index in [4.69, 9.17) is 0 Å². The van der Waals surface area contributed by atoms with Crippen LogP contribution in [0.1, 0.15) is 18.0 Å². The van der Waals surface area contributed by atoms with Crippen molar-refractivity contribution in [1.29, 1.82) is 0 Å². The molecule has 0 spiro atoms. The van der Waals surface area contributed by atoms with Gasteiger partial charge < -0.3 is 5.32 Å². The summed E-state index contributed by atoms with van der Waals surface area (Å²) in [6.07, 6.45) is 0.341. The van der Waals surface area contributed by atoms with Gasteiger partial charge >= 0.3 is 0 Å². The molecule has 0 bridgehead atoms. The Morgan fingerprint density at radius 3 is 2.63 bits per heavy atom. The number of alkyl halides is 1. The van der Waals surface area contributed by atoms with Crippen molar-refractivity contribution >= 4 is 28.3 Å². The fraction of sp³-hybridized carbons (Fsp3) is 0.538. The highest BCUT2D eigenvalue weighted by molar-refractivity contribution is 9.10. The second kappa shape index (κ2) is 8.15. The Bertz CT molecular complexity index is 400. The van der Waals surface area contributed by atoms with Gasteiger partial charge in [-0.1, -0.05) is 15.9 Å². The van der Waals surface area contributed by atoms with E-state index in [1.807, 2.05) is 0 Å². The van der Waals surface area contributed by atoms with Crippen molar-refractivity contribution in [1.82, 2.24) is 10.2 Å². The lowest BCUT2D eigenvalue weighted by Gasteiger charge is -2.35. The lowest BCUT2D eigenvalue weighted by Crippen LogP contribution is -2.45. The van der Waals surface area contributed by atoms with Crippen molar-refractivity contribution < 1.29 is 8.78 Å². The molecule has 0 radical (unpaired) electrons. The second-order valence-electron chi connectivity index (χ2n) is 4.45. The molecular formula is C13H18BrClF2N2.